The fourth-order valence-electron chi connectivity index (χ4n) is 2.04. The maximum Gasteiger partial charge on any atom is 0.0735 e. The normalized spacial score (nSPS) is 32.5. The predicted molar refractivity (Wildman–Crippen MR) is 56.8 cm³/mol. The van der Waals surface area contributed by atoms with Crippen molar-refractivity contribution in [3.63, 3.8) is 0 Å². The molecule has 0 bridgehead atoms. The molecule has 0 aromatic heterocycles. The van der Waals surface area contributed by atoms with E-state index in [2.05, 4.69) is 19.9 Å². The number of unbranched alkanes of at least 4 members (excludes halogenated alkanes) is 1. The molecule has 2 nitrogen and oxygen atoms in total. The van der Waals surface area contributed by atoms with Crippen LogP contribution in [0.3, 0.4) is 0 Å². The molecule has 1 saturated carbocycles. The Morgan fingerprint density at radius 3 is 2.86 bits per heavy atom. The number of hydrogen-bond donors (Lipinski definition) is 0. The summed E-state index contributed by atoms with van der Waals surface area (Å²) in [5, 5.41) is 8.97. The van der Waals surface area contributed by atoms with Crippen molar-refractivity contribution >= 4 is 0 Å². The summed E-state index contributed by atoms with van der Waals surface area (Å²) >= 11 is 0. The second kappa shape index (κ2) is 6.03. The van der Waals surface area contributed by atoms with Crippen LogP contribution in [0.1, 0.15) is 46.0 Å². The second-order valence-corrected chi connectivity index (χ2v) is 4.42. The Bertz CT molecular complexity index is 197. The fourth-order valence-corrected chi connectivity index (χ4v) is 2.04. The van der Waals surface area contributed by atoms with Crippen molar-refractivity contribution in [1.82, 2.24) is 0 Å². The maximum absolute atomic E-state index is 8.97. The quantitative estimate of drug-likeness (QED) is 0.646. The Kier molecular flexibility index (Phi) is 4.97. The van der Waals surface area contributed by atoms with E-state index in [9.17, 15) is 0 Å². The van der Waals surface area contributed by atoms with E-state index in [0.717, 1.165) is 31.8 Å². The van der Waals surface area contributed by atoms with Crippen molar-refractivity contribution in [2.45, 2.75) is 52.1 Å². The molecule has 0 amide bonds. The van der Waals surface area contributed by atoms with Gasteiger partial charge >= 0.3 is 0 Å². The first kappa shape index (κ1) is 11.5. The van der Waals surface area contributed by atoms with Gasteiger partial charge in [0.05, 0.1) is 18.1 Å². The van der Waals surface area contributed by atoms with E-state index in [1.54, 1.807) is 0 Å². The molecule has 1 fully saturated rings. The van der Waals surface area contributed by atoms with Gasteiger partial charge in [0.2, 0.25) is 0 Å². The monoisotopic (exact) mass is 195 g/mol. The van der Waals surface area contributed by atoms with Gasteiger partial charge in [0.1, 0.15) is 0 Å². The van der Waals surface area contributed by atoms with Gasteiger partial charge < -0.3 is 4.74 Å². The molecule has 0 N–H and O–H groups in total. The molecular formula is C12H21NO. The molecule has 0 radical (unpaired) electrons. The summed E-state index contributed by atoms with van der Waals surface area (Å²) in [6.45, 7) is 5.24. The molecule has 3 atom stereocenters. The van der Waals surface area contributed by atoms with E-state index in [1.807, 2.05) is 0 Å². The first-order valence-electron chi connectivity index (χ1n) is 5.79. The zero-order chi connectivity index (χ0) is 10.4. The van der Waals surface area contributed by atoms with Gasteiger partial charge in [-0.2, -0.15) is 5.26 Å². The van der Waals surface area contributed by atoms with Gasteiger partial charge in [0.15, 0.2) is 0 Å². The molecule has 0 aliphatic heterocycles. The molecule has 1 aliphatic rings. The van der Waals surface area contributed by atoms with Crippen LogP contribution >= 0.6 is 0 Å². The standard InChI is InChI=1S/C12H21NO/c1-3-4-7-14-12-8-10(2)5-6-11(12)9-13/h10-12H,3-8H2,1-2H3. The average molecular weight is 195 g/mol. The minimum atomic E-state index is 0.142. The molecule has 3 unspecified atom stereocenters. The molecule has 1 aliphatic carbocycles. The Balaban J connectivity index is 2.34. The summed E-state index contributed by atoms with van der Waals surface area (Å²) in [4.78, 5) is 0. The van der Waals surface area contributed by atoms with Crippen molar-refractivity contribution in [3.8, 4) is 6.07 Å². The lowest BCUT2D eigenvalue weighted by atomic mass is 9.81. The van der Waals surface area contributed by atoms with E-state index in [4.69, 9.17) is 10.00 Å². The van der Waals surface area contributed by atoms with Gasteiger partial charge in [-0.1, -0.05) is 20.3 Å². The van der Waals surface area contributed by atoms with E-state index >= 15 is 0 Å². The fraction of sp³-hybridized carbons (Fsp3) is 0.917. The van der Waals surface area contributed by atoms with Crippen LogP contribution in [0.25, 0.3) is 0 Å². The lowest BCUT2D eigenvalue weighted by Gasteiger charge is -2.30. The van der Waals surface area contributed by atoms with Crippen LogP contribution in [0.15, 0.2) is 0 Å². The van der Waals surface area contributed by atoms with Gasteiger partial charge in [-0.15, -0.1) is 0 Å². The Hall–Kier alpha value is -0.550. The molecule has 0 saturated heterocycles. The van der Waals surface area contributed by atoms with E-state index in [0.29, 0.717) is 0 Å². The van der Waals surface area contributed by atoms with Crippen LogP contribution < -0.4 is 0 Å². The Morgan fingerprint density at radius 2 is 2.21 bits per heavy atom. The average Bonchev–Trinajstić information content (AvgIpc) is 2.19. The third kappa shape index (κ3) is 3.31. The lowest BCUT2D eigenvalue weighted by molar-refractivity contribution is -0.00813. The number of ether oxygens (including phenoxy) is 1. The molecule has 14 heavy (non-hydrogen) atoms. The number of nitrogens with zero attached hydrogens (tertiary/aromatic N) is 1. The van der Waals surface area contributed by atoms with Crippen molar-refractivity contribution in [3.05, 3.63) is 0 Å². The van der Waals surface area contributed by atoms with Gasteiger partial charge in [0, 0.05) is 6.61 Å². The molecular weight excluding hydrogens is 174 g/mol. The Labute approximate surface area is 87.3 Å². The van der Waals surface area contributed by atoms with Gasteiger partial charge in [-0.3, -0.25) is 0 Å². The molecule has 80 valence electrons. The van der Waals surface area contributed by atoms with Gasteiger partial charge in [-0.25, -0.2) is 0 Å². The number of nitriles is 1. The summed E-state index contributed by atoms with van der Waals surface area (Å²) in [6, 6.07) is 2.38. The van der Waals surface area contributed by atoms with Crippen LogP contribution in [-0.2, 0) is 4.74 Å². The largest absolute Gasteiger partial charge is 0.377 e. The second-order valence-electron chi connectivity index (χ2n) is 4.42. The molecule has 0 spiro atoms. The highest BCUT2D eigenvalue weighted by molar-refractivity contribution is 4.93. The zero-order valence-electron chi connectivity index (χ0n) is 9.33. The highest BCUT2D eigenvalue weighted by atomic mass is 16.5. The molecule has 0 aromatic rings. The van der Waals surface area contributed by atoms with E-state index in [1.165, 1.54) is 12.8 Å². The minimum absolute atomic E-state index is 0.142. The molecule has 0 heterocycles. The molecule has 0 aromatic carbocycles. The van der Waals surface area contributed by atoms with Crippen molar-refractivity contribution < 1.29 is 4.74 Å². The first-order valence-corrected chi connectivity index (χ1v) is 5.79. The van der Waals surface area contributed by atoms with Crippen LogP contribution in [0, 0.1) is 23.2 Å². The van der Waals surface area contributed by atoms with Gasteiger partial charge in [0.25, 0.3) is 0 Å². The number of hydrogen-bond acceptors (Lipinski definition) is 2. The smallest absolute Gasteiger partial charge is 0.0735 e. The maximum atomic E-state index is 8.97. The summed E-state index contributed by atoms with van der Waals surface area (Å²) in [5.74, 6) is 0.870. The Morgan fingerprint density at radius 1 is 1.43 bits per heavy atom. The lowest BCUT2D eigenvalue weighted by Crippen LogP contribution is -2.30. The van der Waals surface area contributed by atoms with Crippen molar-refractivity contribution in [2.75, 3.05) is 6.61 Å². The summed E-state index contributed by atoms with van der Waals surface area (Å²) < 4.78 is 5.77. The molecule has 2 heteroatoms. The third-order valence-electron chi connectivity index (χ3n) is 3.05. The van der Waals surface area contributed by atoms with Crippen LogP contribution in [0.5, 0.6) is 0 Å². The van der Waals surface area contributed by atoms with E-state index in [-0.39, 0.29) is 12.0 Å². The number of rotatable bonds is 4. The molecule has 1 rings (SSSR count). The van der Waals surface area contributed by atoms with Crippen LogP contribution in [0.4, 0.5) is 0 Å². The highest BCUT2D eigenvalue weighted by Gasteiger charge is 2.28. The first-order chi connectivity index (χ1) is 6.77. The zero-order valence-corrected chi connectivity index (χ0v) is 9.33. The van der Waals surface area contributed by atoms with Crippen molar-refractivity contribution in [1.29, 1.82) is 5.26 Å². The van der Waals surface area contributed by atoms with E-state index < -0.39 is 0 Å². The summed E-state index contributed by atoms with van der Waals surface area (Å²) in [7, 11) is 0. The third-order valence-corrected chi connectivity index (χ3v) is 3.05. The minimum Gasteiger partial charge on any atom is -0.377 e. The van der Waals surface area contributed by atoms with Crippen molar-refractivity contribution in [2.24, 2.45) is 11.8 Å². The van der Waals surface area contributed by atoms with Crippen LogP contribution in [0.2, 0.25) is 0 Å². The van der Waals surface area contributed by atoms with Crippen LogP contribution in [-0.4, -0.2) is 12.7 Å². The summed E-state index contributed by atoms with van der Waals surface area (Å²) in [6.07, 6.45) is 5.76. The summed E-state index contributed by atoms with van der Waals surface area (Å²) in [5.41, 5.74) is 0. The highest BCUT2D eigenvalue weighted by Crippen LogP contribution is 2.30. The predicted octanol–water partition coefficient (Wildman–Crippen LogP) is 3.13. The topological polar surface area (TPSA) is 33.0 Å². The van der Waals surface area contributed by atoms with Gasteiger partial charge in [-0.05, 0) is 31.6 Å². The SMILES string of the molecule is CCCCOC1CC(C)CCC1C#N.